The summed E-state index contributed by atoms with van der Waals surface area (Å²) >= 11 is 0. The Bertz CT molecular complexity index is 345. The second-order valence-corrected chi connectivity index (χ2v) is 4.85. The molecule has 18 heavy (non-hydrogen) atoms. The number of hydrogen-bond acceptors (Lipinski definition) is 3. The molecule has 102 valence electrons. The second-order valence-electron chi connectivity index (χ2n) is 4.85. The molecule has 2 fully saturated rings. The molecule has 1 heterocycles. The lowest BCUT2D eigenvalue weighted by Crippen LogP contribution is -2.43. The van der Waals surface area contributed by atoms with E-state index in [1.54, 1.807) is 0 Å². The standard InChI is InChI=1S/C11H17F2N3O2/c12-11(13)5-8(16-6-11)10(18)15-4-3-14-9(17)7-1-2-7/h7-8,16H,1-6H2,(H,14,17)(H,15,18). The lowest BCUT2D eigenvalue weighted by molar-refractivity contribution is -0.124. The van der Waals surface area contributed by atoms with Crippen molar-refractivity contribution in [3.63, 3.8) is 0 Å². The highest BCUT2D eigenvalue weighted by molar-refractivity contribution is 5.82. The van der Waals surface area contributed by atoms with E-state index in [1.807, 2.05) is 0 Å². The van der Waals surface area contributed by atoms with Gasteiger partial charge in [-0.05, 0) is 12.8 Å². The van der Waals surface area contributed by atoms with Crippen LogP contribution in [0.25, 0.3) is 0 Å². The van der Waals surface area contributed by atoms with Crippen LogP contribution in [0.2, 0.25) is 0 Å². The van der Waals surface area contributed by atoms with Gasteiger partial charge >= 0.3 is 0 Å². The average Bonchev–Trinajstić information content (AvgIpc) is 3.08. The zero-order chi connectivity index (χ0) is 13.2. The molecule has 1 aliphatic heterocycles. The van der Waals surface area contributed by atoms with Crippen molar-refractivity contribution in [2.75, 3.05) is 19.6 Å². The predicted octanol–water partition coefficient (Wildman–Crippen LogP) is -0.374. The van der Waals surface area contributed by atoms with Crippen LogP contribution in [-0.4, -0.2) is 43.4 Å². The Morgan fingerprint density at radius 2 is 1.78 bits per heavy atom. The fraction of sp³-hybridized carbons (Fsp3) is 0.818. The number of halogens is 2. The molecule has 2 rings (SSSR count). The molecule has 0 radical (unpaired) electrons. The minimum absolute atomic E-state index is 0.00905. The first-order valence-electron chi connectivity index (χ1n) is 6.14. The summed E-state index contributed by atoms with van der Waals surface area (Å²) in [7, 11) is 0. The smallest absolute Gasteiger partial charge is 0.262 e. The predicted molar refractivity (Wildman–Crippen MR) is 60.1 cm³/mol. The average molecular weight is 261 g/mol. The van der Waals surface area contributed by atoms with E-state index < -0.39 is 30.8 Å². The summed E-state index contributed by atoms with van der Waals surface area (Å²) in [4.78, 5) is 22.8. The van der Waals surface area contributed by atoms with Gasteiger partial charge in [0.25, 0.3) is 5.92 Å². The van der Waals surface area contributed by atoms with E-state index in [2.05, 4.69) is 16.0 Å². The molecule has 0 spiro atoms. The van der Waals surface area contributed by atoms with Gasteiger partial charge in [0.1, 0.15) is 0 Å². The normalized spacial score (nSPS) is 25.8. The minimum Gasteiger partial charge on any atom is -0.354 e. The number of alkyl halides is 2. The fourth-order valence-corrected chi connectivity index (χ4v) is 1.89. The molecule has 1 unspecified atom stereocenters. The maximum atomic E-state index is 12.8. The van der Waals surface area contributed by atoms with Crippen molar-refractivity contribution in [1.29, 1.82) is 0 Å². The Labute approximate surface area is 104 Å². The molecule has 2 aliphatic rings. The van der Waals surface area contributed by atoms with Gasteiger partial charge in [0.05, 0.1) is 12.6 Å². The van der Waals surface area contributed by atoms with Gasteiger partial charge in [0, 0.05) is 25.4 Å². The molecule has 2 amide bonds. The van der Waals surface area contributed by atoms with Gasteiger partial charge in [-0.1, -0.05) is 0 Å². The molecular formula is C11H17F2N3O2. The van der Waals surface area contributed by atoms with Crippen molar-refractivity contribution >= 4 is 11.8 Å². The number of carbonyl (C=O) groups is 2. The van der Waals surface area contributed by atoms with Gasteiger partial charge in [0.2, 0.25) is 11.8 Å². The van der Waals surface area contributed by atoms with Crippen LogP contribution in [0.3, 0.4) is 0 Å². The van der Waals surface area contributed by atoms with E-state index in [-0.39, 0.29) is 18.4 Å². The highest BCUT2D eigenvalue weighted by Crippen LogP contribution is 2.28. The largest absolute Gasteiger partial charge is 0.354 e. The maximum absolute atomic E-state index is 12.8. The molecule has 7 heteroatoms. The molecule has 3 N–H and O–H groups in total. The summed E-state index contributed by atoms with van der Waals surface area (Å²) in [5.41, 5.74) is 0. The van der Waals surface area contributed by atoms with Crippen molar-refractivity contribution in [2.45, 2.75) is 31.2 Å². The molecule has 0 aromatic rings. The van der Waals surface area contributed by atoms with Gasteiger partial charge in [-0.2, -0.15) is 0 Å². The zero-order valence-electron chi connectivity index (χ0n) is 9.97. The van der Waals surface area contributed by atoms with Crippen molar-refractivity contribution in [2.24, 2.45) is 5.92 Å². The molecule has 0 aromatic heterocycles. The van der Waals surface area contributed by atoms with E-state index in [1.165, 1.54) is 0 Å². The van der Waals surface area contributed by atoms with Crippen LogP contribution < -0.4 is 16.0 Å². The van der Waals surface area contributed by atoms with Gasteiger partial charge in [-0.3, -0.25) is 14.9 Å². The van der Waals surface area contributed by atoms with Crippen LogP contribution in [0, 0.1) is 5.92 Å². The molecular weight excluding hydrogens is 244 g/mol. The van der Waals surface area contributed by atoms with Gasteiger partial charge in [0.15, 0.2) is 0 Å². The summed E-state index contributed by atoms with van der Waals surface area (Å²) in [6, 6.07) is -0.834. The Balaban J connectivity index is 1.58. The van der Waals surface area contributed by atoms with Crippen molar-refractivity contribution in [3.05, 3.63) is 0 Å². The molecule has 5 nitrogen and oxygen atoms in total. The summed E-state index contributed by atoms with van der Waals surface area (Å²) in [6.07, 6.45) is 1.39. The third-order valence-corrected chi connectivity index (χ3v) is 3.10. The van der Waals surface area contributed by atoms with Gasteiger partial charge in [-0.25, -0.2) is 8.78 Å². The van der Waals surface area contributed by atoms with Crippen molar-refractivity contribution in [3.8, 4) is 0 Å². The van der Waals surface area contributed by atoms with Gasteiger partial charge < -0.3 is 10.6 Å². The van der Waals surface area contributed by atoms with E-state index >= 15 is 0 Å². The Kier molecular flexibility index (Phi) is 3.79. The molecule has 1 saturated heterocycles. The molecule has 1 atom stereocenters. The SMILES string of the molecule is O=C(NCCNC(=O)C1CC(F)(F)CN1)C1CC1. The van der Waals surface area contributed by atoms with Crippen LogP contribution in [0.5, 0.6) is 0 Å². The number of amides is 2. The number of hydrogen-bond donors (Lipinski definition) is 3. The lowest BCUT2D eigenvalue weighted by Gasteiger charge is -2.11. The Hall–Kier alpha value is -1.24. The highest BCUT2D eigenvalue weighted by Gasteiger charge is 2.42. The van der Waals surface area contributed by atoms with Gasteiger partial charge in [-0.15, -0.1) is 0 Å². The van der Waals surface area contributed by atoms with E-state index in [9.17, 15) is 18.4 Å². The maximum Gasteiger partial charge on any atom is 0.262 e. The molecule has 0 aromatic carbocycles. The first-order chi connectivity index (χ1) is 8.48. The Morgan fingerprint density at radius 1 is 1.17 bits per heavy atom. The summed E-state index contributed by atoms with van der Waals surface area (Å²) < 4.78 is 25.7. The van der Waals surface area contributed by atoms with E-state index in [0.717, 1.165) is 12.8 Å². The summed E-state index contributed by atoms with van der Waals surface area (Å²) in [6.45, 7) is 0.148. The monoisotopic (exact) mass is 261 g/mol. The second kappa shape index (κ2) is 5.17. The van der Waals surface area contributed by atoms with Crippen molar-refractivity contribution < 1.29 is 18.4 Å². The molecule has 1 saturated carbocycles. The number of carbonyl (C=O) groups excluding carboxylic acids is 2. The van der Waals surface area contributed by atoms with Crippen LogP contribution in [0.1, 0.15) is 19.3 Å². The van der Waals surface area contributed by atoms with Crippen molar-refractivity contribution in [1.82, 2.24) is 16.0 Å². The summed E-state index contributed by atoms with van der Waals surface area (Å²) in [5.74, 6) is -3.10. The number of nitrogens with one attached hydrogen (secondary N) is 3. The van der Waals surface area contributed by atoms with Crippen LogP contribution in [0.4, 0.5) is 8.78 Å². The third-order valence-electron chi connectivity index (χ3n) is 3.10. The molecule has 0 bridgehead atoms. The third kappa shape index (κ3) is 3.63. The Morgan fingerprint density at radius 3 is 2.28 bits per heavy atom. The highest BCUT2D eigenvalue weighted by atomic mass is 19.3. The topological polar surface area (TPSA) is 70.2 Å². The van der Waals surface area contributed by atoms with Crippen LogP contribution in [0.15, 0.2) is 0 Å². The quantitative estimate of drug-likeness (QED) is 0.591. The van der Waals surface area contributed by atoms with E-state index in [0.29, 0.717) is 6.54 Å². The summed E-state index contributed by atoms with van der Waals surface area (Å²) in [5, 5.41) is 7.69. The zero-order valence-corrected chi connectivity index (χ0v) is 9.97. The first-order valence-corrected chi connectivity index (χ1v) is 6.14. The number of rotatable bonds is 5. The minimum atomic E-state index is -2.80. The fourth-order valence-electron chi connectivity index (χ4n) is 1.89. The van der Waals surface area contributed by atoms with Crippen LogP contribution >= 0.6 is 0 Å². The first kappa shape index (κ1) is 13.2. The van der Waals surface area contributed by atoms with E-state index in [4.69, 9.17) is 0 Å². The lowest BCUT2D eigenvalue weighted by atomic mass is 10.2. The van der Waals surface area contributed by atoms with Crippen LogP contribution in [-0.2, 0) is 9.59 Å². The molecule has 1 aliphatic carbocycles.